The van der Waals surface area contributed by atoms with Crippen molar-refractivity contribution in [3.8, 4) is 6.01 Å². The van der Waals surface area contributed by atoms with Crippen LogP contribution in [0, 0.1) is 5.41 Å². The number of nitrogens with zero attached hydrogens (tertiary/aromatic N) is 3. The minimum absolute atomic E-state index is 0.380. The smallest absolute Gasteiger partial charge is 0.323 e. The van der Waals surface area contributed by atoms with Crippen LogP contribution in [0.25, 0.3) is 0 Å². The molecule has 1 heterocycles. The van der Waals surface area contributed by atoms with Crippen LogP contribution in [-0.2, 0) is 0 Å². The molecule has 1 aromatic heterocycles. The standard InChI is InChI=1S/C13H23N5O/c1-4-8-19-12-17-10(14-3)16-11(18-12)15-9-13(5-2)6-7-13/h4-9H2,1-3H3,(H2,14,15,16,17,18). The number of hydrogen-bond acceptors (Lipinski definition) is 6. The van der Waals surface area contributed by atoms with Gasteiger partial charge in [-0.25, -0.2) is 0 Å². The summed E-state index contributed by atoms with van der Waals surface area (Å²) in [4.78, 5) is 12.8. The molecule has 0 saturated heterocycles. The summed E-state index contributed by atoms with van der Waals surface area (Å²) in [5.41, 5.74) is 0.455. The molecule has 106 valence electrons. The molecule has 19 heavy (non-hydrogen) atoms. The second kappa shape index (κ2) is 6.04. The zero-order valence-electron chi connectivity index (χ0n) is 12.0. The normalized spacial score (nSPS) is 15.9. The molecule has 0 bridgehead atoms. The van der Waals surface area contributed by atoms with Gasteiger partial charge in [-0.05, 0) is 31.1 Å². The van der Waals surface area contributed by atoms with Gasteiger partial charge in [-0.2, -0.15) is 15.0 Å². The maximum Gasteiger partial charge on any atom is 0.323 e. The Labute approximate surface area is 114 Å². The van der Waals surface area contributed by atoms with Crippen molar-refractivity contribution in [1.82, 2.24) is 15.0 Å². The van der Waals surface area contributed by atoms with Crippen LogP contribution in [0.5, 0.6) is 6.01 Å². The highest BCUT2D eigenvalue weighted by Crippen LogP contribution is 2.48. The molecule has 6 heteroatoms. The third kappa shape index (κ3) is 3.68. The van der Waals surface area contributed by atoms with Gasteiger partial charge in [0.05, 0.1) is 6.61 Å². The first kappa shape index (κ1) is 13.8. The van der Waals surface area contributed by atoms with Crippen LogP contribution in [0.2, 0.25) is 0 Å². The summed E-state index contributed by atoms with van der Waals surface area (Å²) in [6.45, 7) is 5.82. The van der Waals surface area contributed by atoms with Gasteiger partial charge < -0.3 is 15.4 Å². The first-order valence-corrected chi connectivity index (χ1v) is 7.02. The van der Waals surface area contributed by atoms with Gasteiger partial charge in [-0.1, -0.05) is 13.8 Å². The molecule has 6 nitrogen and oxygen atoms in total. The van der Waals surface area contributed by atoms with Crippen molar-refractivity contribution in [2.45, 2.75) is 39.5 Å². The molecule has 0 atom stereocenters. The first-order chi connectivity index (χ1) is 9.21. The molecule has 1 aliphatic carbocycles. The lowest BCUT2D eigenvalue weighted by atomic mass is 10.0. The molecular weight excluding hydrogens is 242 g/mol. The molecule has 0 amide bonds. The minimum atomic E-state index is 0.380. The number of nitrogens with one attached hydrogen (secondary N) is 2. The summed E-state index contributed by atoms with van der Waals surface area (Å²) in [7, 11) is 1.79. The second-order valence-corrected chi connectivity index (χ2v) is 5.07. The van der Waals surface area contributed by atoms with E-state index in [4.69, 9.17) is 4.74 Å². The molecule has 1 aromatic rings. The van der Waals surface area contributed by atoms with Gasteiger partial charge >= 0.3 is 6.01 Å². The number of aromatic nitrogens is 3. The maximum absolute atomic E-state index is 5.47. The molecule has 0 radical (unpaired) electrons. The van der Waals surface area contributed by atoms with Crippen molar-refractivity contribution in [3.05, 3.63) is 0 Å². The lowest BCUT2D eigenvalue weighted by molar-refractivity contribution is 0.292. The number of hydrogen-bond donors (Lipinski definition) is 2. The van der Waals surface area contributed by atoms with E-state index >= 15 is 0 Å². The van der Waals surface area contributed by atoms with Crippen molar-refractivity contribution in [2.75, 3.05) is 30.8 Å². The van der Waals surface area contributed by atoms with Gasteiger partial charge in [-0.15, -0.1) is 0 Å². The highest BCUT2D eigenvalue weighted by Gasteiger charge is 2.40. The van der Waals surface area contributed by atoms with E-state index in [-0.39, 0.29) is 0 Å². The lowest BCUT2D eigenvalue weighted by Crippen LogP contribution is -2.17. The van der Waals surface area contributed by atoms with Crippen LogP contribution in [0.15, 0.2) is 0 Å². The van der Waals surface area contributed by atoms with Gasteiger partial charge in [0, 0.05) is 13.6 Å². The number of rotatable bonds is 8. The average molecular weight is 265 g/mol. The molecule has 0 aliphatic heterocycles. The van der Waals surface area contributed by atoms with E-state index in [1.165, 1.54) is 19.3 Å². The van der Waals surface area contributed by atoms with Gasteiger partial charge in [0.25, 0.3) is 0 Å². The Morgan fingerprint density at radius 2 is 1.89 bits per heavy atom. The van der Waals surface area contributed by atoms with Gasteiger partial charge in [0.15, 0.2) is 0 Å². The topological polar surface area (TPSA) is 72.0 Å². The number of anilines is 2. The van der Waals surface area contributed by atoms with Crippen LogP contribution < -0.4 is 15.4 Å². The van der Waals surface area contributed by atoms with Crippen LogP contribution >= 0.6 is 0 Å². The predicted molar refractivity (Wildman–Crippen MR) is 75.6 cm³/mol. The van der Waals surface area contributed by atoms with Crippen LogP contribution in [0.4, 0.5) is 11.9 Å². The summed E-state index contributed by atoms with van der Waals surface area (Å²) in [6, 6.07) is 0.380. The van der Waals surface area contributed by atoms with E-state index in [0.717, 1.165) is 13.0 Å². The van der Waals surface area contributed by atoms with Gasteiger partial charge in [0.2, 0.25) is 11.9 Å². The molecule has 1 aliphatic rings. The third-order valence-electron chi connectivity index (χ3n) is 3.60. The fourth-order valence-corrected chi connectivity index (χ4v) is 1.90. The van der Waals surface area contributed by atoms with Crippen molar-refractivity contribution >= 4 is 11.9 Å². The van der Waals surface area contributed by atoms with E-state index in [1.54, 1.807) is 7.05 Å². The van der Waals surface area contributed by atoms with Crippen molar-refractivity contribution in [2.24, 2.45) is 5.41 Å². The maximum atomic E-state index is 5.47. The molecule has 1 fully saturated rings. The Kier molecular flexibility index (Phi) is 4.39. The average Bonchev–Trinajstić information content (AvgIpc) is 3.23. The Morgan fingerprint density at radius 1 is 1.16 bits per heavy atom. The van der Waals surface area contributed by atoms with E-state index in [0.29, 0.717) is 29.9 Å². The van der Waals surface area contributed by atoms with Gasteiger partial charge in [-0.3, -0.25) is 0 Å². The van der Waals surface area contributed by atoms with Gasteiger partial charge in [0.1, 0.15) is 0 Å². The summed E-state index contributed by atoms with van der Waals surface area (Å²) in [5.74, 6) is 1.12. The summed E-state index contributed by atoms with van der Waals surface area (Å²) >= 11 is 0. The number of ether oxygens (including phenoxy) is 1. The van der Waals surface area contributed by atoms with E-state index in [9.17, 15) is 0 Å². The molecular formula is C13H23N5O. The first-order valence-electron chi connectivity index (χ1n) is 7.02. The quantitative estimate of drug-likeness (QED) is 0.751. The monoisotopic (exact) mass is 265 g/mol. The van der Waals surface area contributed by atoms with Crippen molar-refractivity contribution in [3.63, 3.8) is 0 Å². The Balaban J connectivity index is 2.01. The lowest BCUT2D eigenvalue weighted by Gasteiger charge is -2.14. The molecule has 0 spiro atoms. The van der Waals surface area contributed by atoms with E-state index in [1.807, 2.05) is 0 Å². The fourth-order valence-electron chi connectivity index (χ4n) is 1.90. The van der Waals surface area contributed by atoms with Crippen LogP contribution in [-0.4, -0.2) is 35.2 Å². The fraction of sp³-hybridized carbons (Fsp3) is 0.769. The van der Waals surface area contributed by atoms with Crippen LogP contribution in [0.3, 0.4) is 0 Å². The summed E-state index contributed by atoms with van der Waals surface area (Å²) in [5, 5.41) is 6.24. The zero-order chi connectivity index (χ0) is 13.7. The minimum Gasteiger partial charge on any atom is -0.463 e. The third-order valence-corrected chi connectivity index (χ3v) is 3.60. The molecule has 2 rings (SSSR count). The SMILES string of the molecule is CCCOc1nc(NC)nc(NCC2(CC)CC2)n1. The van der Waals surface area contributed by atoms with E-state index in [2.05, 4.69) is 39.4 Å². The second-order valence-electron chi connectivity index (χ2n) is 5.07. The molecule has 0 aromatic carbocycles. The summed E-state index contributed by atoms with van der Waals surface area (Å²) < 4.78 is 5.47. The molecule has 2 N–H and O–H groups in total. The van der Waals surface area contributed by atoms with Crippen LogP contribution in [0.1, 0.15) is 39.5 Å². The predicted octanol–water partition coefficient (Wildman–Crippen LogP) is 2.30. The van der Waals surface area contributed by atoms with E-state index < -0.39 is 0 Å². The Morgan fingerprint density at radius 3 is 2.47 bits per heavy atom. The largest absolute Gasteiger partial charge is 0.463 e. The summed E-state index contributed by atoms with van der Waals surface area (Å²) in [6.07, 6.45) is 4.71. The van der Waals surface area contributed by atoms with Crippen molar-refractivity contribution < 1.29 is 4.74 Å². The molecule has 1 saturated carbocycles. The molecule has 0 unspecified atom stereocenters. The highest BCUT2D eigenvalue weighted by atomic mass is 16.5. The highest BCUT2D eigenvalue weighted by molar-refractivity contribution is 5.35. The Bertz CT molecular complexity index is 419. The zero-order valence-corrected chi connectivity index (χ0v) is 12.0. The van der Waals surface area contributed by atoms with Crippen molar-refractivity contribution in [1.29, 1.82) is 0 Å². The Hall–Kier alpha value is -1.59.